The number of hydrogen-bond donors (Lipinski definition) is 2. The number of benzene rings is 3. The van der Waals surface area contributed by atoms with Gasteiger partial charge in [-0.25, -0.2) is 4.39 Å². The SMILES string of the molecule is CCc1ccc(NC(=O)c2cccc(C(=O)Nc3ccc(F)cc3)c2)cc1. The van der Waals surface area contributed by atoms with Gasteiger partial charge < -0.3 is 10.6 Å². The Hall–Kier alpha value is -3.47. The van der Waals surface area contributed by atoms with Crippen LogP contribution in [0.25, 0.3) is 0 Å². The number of rotatable bonds is 5. The molecule has 0 fully saturated rings. The Balaban J connectivity index is 1.70. The number of carbonyl (C=O) groups excluding carboxylic acids is 2. The predicted molar refractivity (Wildman–Crippen MR) is 105 cm³/mol. The van der Waals surface area contributed by atoms with Crippen LogP contribution < -0.4 is 10.6 Å². The Kier molecular flexibility index (Phi) is 5.61. The fourth-order valence-electron chi connectivity index (χ4n) is 2.57. The highest BCUT2D eigenvalue weighted by Gasteiger charge is 2.11. The van der Waals surface area contributed by atoms with Crippen molar-refractivity contribution in [2.24, 2.45) is 0 Å². The lowest BCUT2D eigenvalue weighted by molar-refractivity contribution is 0.102. The lowest BCUT2D eigenvalue weighted by Gasteiger charge is -2.08. The van der Waals surface area contributed by atoms with Crippen LogP contribution in [0.5, 0.6) is 0 Å². The lowest BCUT2D eigenvalue weighted by atomic mass is 10.1. The summed E-state index contributed by atoms with van der Waals surface area (Å²) in [6, 6.07) is 19.5. The lowest BCUT2D eigenvalue weighted by Crippen LogP contribution is -2.15. The molecule has 5 heteroatoms. The average molecular weight is 362 g/mol. The van der Waals surface area contributed by atoms with E-state index >= 15 is 0 Å². The maximum atomic E-state index is 13.0. The number of hydrogen-bond acceptors (Lipinski definition) is 2. The first kappa shape index (κ1) is 18.3. The van der Waals surface area contributed by atoms with Gasteiger partial charge >= 0.3 is 0 Å². The molecule has 136 valence electrons. The summed E-state index contributed by atoms with van der Waals surface area (Å²) in [6.45, 7) is 2.07. The van der Waals surface area contributed by atoms with Crippen LogP contribution >= 0.6 is 0 Å². The molecule has 2 N–H and O–H groups in total. The van der Waals surface area contributed by atoms with Crippen molar-refractivity contribution in [1.82, 2.24) is 0 Å². The van der Waals surface area contributed by atoms with Gasteiger partial charge in [0.1, 0.15) is 5.82 Å². The topological polar surface area (TPSA) is 58.2 Å². The molecule has 0 aliphatic rings. The van der Waals surface area contributed by atoms with Crippen LogP contribution in [0.3, 0.4) is 0 Å². The molecule has 0 radical (unpaired) electrons. The van der Waals surface area contributed by atoms with E-state index in [9.17, 15) is 14.0 Å². The number of amides is 2. The van der Waals surface area contributed by atoms with Crippen molar-refractivity contribution in [3.8, 4) is 0 Å². The normalized spacial score (nSPS) is 10.3. The van der Waals surface area contributed by atoms with Gasteiger partial charge in [0.05, 0.1) is 0 Å². The highest BCUT2D eigenvalue weighted by Crippen LogP contribution is 2.14. The Labute approximate surface area is 157 Å². The fraction of sp³-hybridized carbons (Fsp3) is 0.0909. The minimum absolute atomic E-state index is 0.296. The van der Waals surface area contributed by atoms with Crippen LogP contribution in [-0.2, 0) is 6.42 Å². The van der Waals surface area contributed by atoms with Crippen molar-refractivity contribution in [3.05, 3.63) is 95.3 Å². The molecule has 0 spiro atoms. The largest absolute Gasteiger partial charge is 0.322 e. The van der Waals surface area contributed by atoms with Crippen LogP contribution in [-0.4, -0.2) is 11.8 Å². The van der Waals surface area contributed by atoms with E-state index in [4.69, 9.17) is 0 Å². The van der Waals surface area contributed by atoms with Crippen LogP contribution in [0, 0.1) is 5.82 Å². The third-order valence-corrected chi connectivity index (χ3v) is 4.11. The third kappa shape index (κ3) is 4.79. The second-order valence-corrected chi connectivity index (χ2v) is 6.05. The van der Waals surface area contributed by atoms with Crippen LogP contribution in [0.2, 0.25) is 0 Å². The average Bonchev–Trinajstić information content (AvgIpc) is 2.70. The van der Waals surface area contributed by atoms with E-state index in [1.54, 1.807) is 18.2 Å². The van der Waals surface area contributed by atoms with Gasteiger partial charge in [0.15, 0.2) is 0 Å². The summed E-state index contributed by atoms with van der Waals surface area (Å²) >= 11 is 0. The zero-order valence-electron chi connectivity index (χ0n) is 14.8. The van der Waals surface area contributed by atoms with E-state index in [1.165, 1.54) is 35.9 Å². The molecule has 2 amide bonds. The summed E-state index contributed by atoms with van der Waals surface area (Å²) < 4.78 is 13.0. The van der Waals surface area contributed by atoms with Gasteiger partial charge in [0.2, 0.25) is 0 Å². The summed E-state index contributed by atoms with van der Waals surface area (Å²) in [5.74, 6) is -1.04. The molecule has 3 aromatic carbocycles. The summed E-state index contributed by atoms with van der Waals surface area (Å²) in [5, 5.41) is 5.50. The van der Waals surface area contributed by atoms with Gasteiger partial charge in [-0.05, 0) is 66.6 Å². The molecule has 0 aliphatic carbocycles. The maximum absolute atomic E-state index is 13.0. The molecular weight excluding hydrogens is 343 g/mol. The quantitative estimate of drug-likeness (QED) is 0.679. The van der Waals surface area contributed by atoms with Gasteiger partial charge in [-0.2, -0.15) is 0 Å². The zero-order valence-corrected chi connectivity index (χ0v) is 14.8. The summed E-state index contributed by atoms with van der Waals surface area (Å²) in [4.78, 5) is 24.8. The second kappa shape index (κ2) is 8.27. The molecule has 0 bridgehead atoms. The Morgan fingerprint density at radius 1 is 0.778 bits per heavy atom. The highest BCUT2D eigenvalue weighted by atomic mass is 19.1. The molecule has 0 aliphatic heterocycles. The van der Waals surface area contributed by atoms with Crippen LogP contribution in [0.4, 0.5) is 15.8 Å². The fourth-order valence-corrected chi connectivity index (χ4v) is 2.57. The molecule has 3 rings (SSSR count). The first-order chi connectivity index (χ1) is 13.0. The van der Waals surface area contributed by atoms with E-state index in [0.717, 1.165) is 6.42 Å². The van der Waals surface area contributed by atoms with E-state index in [-0.39, 0.29) is 17.6 Å². The number of halogens is 1. The van der Waals surface area contributed by atoms with Gasteiger partial charge in [0.25, 0.3) is 11.8 Å². The highest BCUT2D eigenvalue weighted by molar-refractivity contribution is 6.08. The first-order valence-corrected chi connectivity index (χ1v) is 8.62. The monoisotopic (exact) mass is 362 g/mol. The molecule has 27 heavy (non-hydrogen) atoms. The number of anilines is 2. The van der Waals surface area contributed by atoms with Crippen molar-refractivity contribution in [2.75, 3.05) is 10.6 Å². The Morgan fingerprint density at radius 3 is 1.74 bits per heavy atom. The molecule has 0 heterocycles. The maximum Gasteiger partial charge on any atom is 0.255 e. The van der Waals surface area contributed by atoms with Crippen molar-refractivity contribution in [3.63, 3.8) is 0 Å². The van der Waals surface area contributed by atoms with Crippen molar-refractivity contribution in [1.29, 1.82) is 0 Å². The predicted octanol–water partition coefficient (Wildman–Crippen LogP) is 4.89. The van der Waals surface area contributed by atoms with Crippen molar-refractivity contribution >= 4 is 23.2 Å². The third-order valence-electron chi connectivity index (χ3n) is 4.11. The number of carbonyl (C=O) groups is 2. The van der Waals surface area contributed by atoms with E-state index < -0.39 is 0 Å². The zero-order chi connectivity index (χ0) is 19.2. The molecule has 0 atom stereocenters. The van der Waals surface area contributed by atoms with Crippen LogP contribution in [0.1, 0.15) is 33.2 Å². The smallest absolute Gasteiger partial charge is 0.255 e. The number of aryl methyl sites for hydroxylation is 1. The molecule has 0 saturated carbocycles. The van der Waals surface area contributed by atoms with E-state index in [1.807, 2.05) is 24.3 Å². The molecule has 3 aromatic rings. The van der Waals surface area contributed by atoms with Crippen molar-refractivity contribution in [2.45, 2.75) is 13.3 Å². The molecule has 0 unspecified atom stereocenters. The Morgan fingerprint density at radius 2 is 1.26 bits per heavy atom. The standard InChI is InChI=1S/C22H19FN2O2/c1-2-15-6-10-19(11-7-15)24-21(26)16-4-3-5-17(14-16)22(27)25-20-12-8-18(23)9-13-20/h3-14H,2H2,1H3,(H,24,26)(H,25,27). The summed E-state index contributed by atoms with van der Waals surface area (Å²) in [5.41, 5.74) is 3.08. The van der Waals surface area contributed by atoms with Gasteiger partial charge in [0, 0.05) is 22.5 Å². The minimum atomic E-state index is -0.376. The summed E-state index contributed by atoms with van der Waals surface area (Å²) in [7, 11) is 0. The van der Waals surface area contributed by atoms with E-state index in [0.29, 0.717) is 22.5 Å². The molecule has 0 aromatic heterocycles. The van der Waals surface area contributed by atoms with Crippen LogP contribution in [0.15, 0.2) is 72.8 Å². The van der Waals surface area contributed by atoms with Crippen molar-refractivity contribution < 1.29 is 14.0 Å². The number of nitrogens with one attached hydrogen (secondary N) is 2. The second-order valence-electron chi connectivity index (χ2n) is 6.05. The minimum Gasteiger partial charge on any atom is -0.322 e. The molecule has 4 nitrogen and oxygen atoms in total. The van der Waals surface area contributed by atoms with Gasteiger partial charge in [-0.1, -0.05) is 25.1 Å². The first-order valence-electron chi connectivity index (χ1n) is 8.62. The molecule has 0 saturated heterocycles. The summed E-state index contributed by atoms with van der Waals surface area (Å²) in [6.07, 6.45) is 0.930. The van der Waals surface area contributed by atoms with E-state index in [2.05, 4.69) is 17.6 Å². The van der Waals surface area contributed by atoms with Gasteiger partial charge in [-0.3, -0.25) is 9.59 Å². The Bertz CT molecular complexity index is 951. The molecular formula is C22H19FN2O2. The van der Waals surface area contributed by atoms with Gasteiger partial charge in [-0.15, -0.1) is 0 Å².